The first-order valence-electron chi connectivity index (χ1n) is 5.01. The van der Waals surface area contributed by atoms with E-state index in [4.69, 9.17) is 16.0 Å². The summed E-state index contributed by atoms with van der Waals surface area (Å²) in [6.45, 7) is 0. The molecule has 1 aromatic carbocycles. The smallest absolute Gasteiger partial charge is 0.229 e. The maximum atomic E-state index is 12.1. The SMILES string of the molecule is O=C(c1csc(Cl)c1)c1cc2ccccc2o1. The van der Waals surface area contributed by atoms with E-state index in [0.29, 0.717) is 15.7 Å². The van der Waals surface area contributed by atoms with Crippen LogP contribution >= 0.6 is 22.9 Å². The topological polar surface area (TPSA) is 30.2 Å². The molecule has 17 heavy (non-hydrogen) atoms. The van der Waals surface area contributed by atoms with Gasteiger partial charge in [0.25, 0.3) is 0 Å². The Labute approximate surface area is 106 Å². The second kappa shape index (κ2) is 4.02. The Hall–Kier alpha value is -1.58. The molecule has 0 bridgehead atoms. The number of hydrogen-bond donors (Lipinski definition) is 0. The normalized spacial score (nSPS) is 10.9. The number of halogens is 1. The number of hydrogen-bond acceptors (Lipinski definition) is 3. The summed E-state index contributed by atoms with van der Waals surface area (Å²) < 4.78 is 6.11. The van der Waals surface area contributed by atoms with E-state index in [0.717, 1.165) is 11.0 Å². The second-order valence-electron chi connectivity index (χ2n) is 3.62. The minimum Gasteiger partial charge on any atom is -0.453 e. The van der Waals surface area contributed by atoms with E-state index in [1.54, 1.807) is 17.5 Å². The maximum Gasteiger partial charge on any atom is 0.229 e. The second-order valence-corrected chi connectivity index (χ2v) is 5.16. The third-order valence-electron chi connectivity index (χ3n) is 2.48. The highest BCUT2D eigenvalue weighted by molar-refractivity contribution is 7.14. The third-order valence-corrected chi connectivity index (χ3v) is 3.57. The van der Waals surface area contributed by atoms with Gasteiger partial charge in [-0.05, 0) is 18.2 Å². The molecular formula is C13H7ClO2S. The lowest BCUT2D eigenvalue weighted by molar-refractivity contribution is 0.101. The first-order chi connectivity index (χ1) is 8.24. The zero-order valence-electron chi connectivity index (χ0n) is 8.64. The molecule has 0 aliphatic carbocycles. The van der Waals surface area contributed by atoms with E-state index >= 15 is 0 Å². The van der Waals surface area contributed by atoms with Crippen LogP contribution in [0, 0.1) is 0 Å². The van der Waals surface area contributed by atoms with E-state index in [1.165, 1.54) is 11.3 Å². The van der Waals surface area contributed by atoms with Gasteiger partial charge in [0.15, 0.2) is 5.76 Å². The third kappa shape index (κ3) is 1.88. The summed E-state index contributed by atoms with van der Waals surface area (Å²) in [5, 5.41) is 2.66. The molecule has 0 amide bonds. The predicted octanol–water partition coefficient (Wildman–Crippen LogP) is 4.38. The molecule has 0 aliphatic heterocycles. The van der Waals surface area contributed by atoms with Crippen molar-refractivity contribution in [1.82, 2.24) is 0 Å². The van der Waals surface area contributed by atoms with Gasteiger partial charge in [-0.25, -0.2) is 0 Å². The van der Waals surface area contributed by atoms with Gasteiger partial charge < -0.3 is 4.42 Å². The number of thiophene rings is 1. The van der Waals surface area contributed by atoms with Crippen molar-refractivity contribution in [1.29, 1.82) is 0 Å². The quantitative estimate of drug-likeness (QED) is 0.642. The Bertz CT molecular complexity index is 663. The molecule has 0 fully saturated rings. The van der Waals surface area contributed by atoms with Gasteiger partial charge >= 0.3 is 0 Å². The number of carbonyl (C=O) groups is 1. The number of benzene rings is 1. The average molecular weight is 263 g/mol. The number of furan rings is 1. The largest absolute Gasteiger partial charge is 0.453 e. The zero-order chi connectivity index (χ0) is 11.8. The van der Waals surface area contributed by atoms with Crippen LogP contribution in [0.5, 0.6) is 0 Å². The van der Waals surface area contributed by atoms with Gasteiger partial charge in [0.1, 0.15) is 5.58 Å². The van der Waals surface area contributed by atoms with Crippen LogP contribution < -0.4 is 0 Å². The lowest BCUT2D eigenvalue weighted by Crippen LogP contribution is -1.96. The molecule has 3 rings (SSSR count). The molecule has 0 aliphatic rings. The first-order valence-corrected chi connectivity index (χ1v) is 6.27. The minimum absolute atomic E-state index is 0.135. The molecule has 0 saturated carbocycles. The number of para-hydroxylation sites is 1. The van der Waals surface area contributed by atoms with Crippen molar-refractivity contribution in [3.63, 3.8) is 0 Å². The van der Waals surface area contributed by atoms with Crippen LogP contribution in [0.1, 0.15) is 16.1 Å². The molecule has 0 spiro atoms. The molecule has 4 heteroatoms. The van der Waals surface area contributed by atoms with Gasteiger partial charge in [-0.2, -0.15) is 0 Å². The van der Waals surface area contributed by atoms with Gasteiger partial charge in [0.05, 0.1) is 4.34 Å². The van der Waals surface area contributed by atoms with Crippen LogP contribution in [-0.4, -0.2) is 5.78 Å². The monoisotopic (exact) mass is 262 g/mol. The van der Waals surface area contributed by atoms with Gasteiger partial charge in [0.2, 0.25) is 5.78 Å². The number of ketones is 1. The minimum atomic E-state index is -0.135. The van der Waals surface area contributed by atoms with Crippen LogP contribution in [0.4, 0.5) is 0 Å². The summed E-state index contributed by atoms with van der Waals surface area (Å²) in [4.78, 5) is 12.1. The Morgan fingerprint density at radius 1 is 1.24 bits per heavy atom. The Kier molecular flexibility index (Phi) is 2.50. The molecule has 0 atom stereocenters. The van der Waals surface area contributed by atoms with E-state index < -0.39 is 0 Å². The van der Waals surface area contributed by atoms with Gasteiger partial charge in [-0.1, -0.05) is 29.8 Å². The fourth-order valence-electron chi connectivity index (χ4n) is 1.67. The highest BCUT2D eigenvalue weighted by atomic mass is 35.5. The highest BCUT2D eigenvalue weighted by Gasteiger charge is 2.15. The van der Waals surface area contributed by atoms with E-state index in [1.807, 2.05) is 24.3 Å². The van der Waals surface area contributed by atoms with Crippen molar-refractivity contribution in [2.45, 2.75) is 0 Å². The molecule has 2 heterocycles. The number of rotatable bonds is 2. The highest BCUT2D eigenvalue weighted by Crippen LogP contribution is 2.25. The fourth-order valence-corrected chi connectivity index (χ4v) is 2.53. The van der Waals surface area contributed by atoms with Gasteiger partial charge in [0, 0.05) is 16.3 Å². The zero-order valence-corrected chi connectivity index (χ0v) is 10.2. The van der Waals surface area contributed by atoms with Crippen molar-refractivity contribution >= 4 is 39.7 Å². The summed E-state index contributed by atoms with van der Waals surface area (Å²) in [6, 6.07) is 10.9. The maximum absolute atomic E-state index is 12.1. The van der Waals surface area contributed by atoms with Crippen LogP contribution in [0.25, 0.3) is 11.0 Å². The summed E-state index contributed by atoms with van der Waals surface area (Å²) in [7, 11) is 0. The molecule has 2 aromatic heterocycles. The summed E-state index contributed by atoms with van der Waals surface area (Å²) in [5.41, 5.74) is 1.29. The molecule has 0 N–H and O–H groups in total. The lowest BCUT2D eigenvalue weighted by Gasteiger charge is -1.90. The summed E-state index contributed by atoms with van der Waals surface area (Å²) in [6.07, 6.45) is 0. The Morgan fingerprint density at radius 3 is 2.76 bits per heavy atom. The van der Waals surface area contributed by atoms with E-state index in [9.17, 15) is 4.79 Å². The standard InChI is InChI=1S/C13H7ClO2S/c14-12-6-9(7-17-12)13(15)11-5-8-3-1-2-4-10(8)16-11/h1-7H. The first kappa shape index (κ1) is 10.6. The molecule has 0 radical (unpaired) electrons. The molecule has 3 aromatic rings. The van der Waals surface area contributed by atoms with Crippen LogP contribution in [0.2, 0.25) is 4.34 Å². The Balaban J connectivity index is 2.06. The predicted molar refractivity (Wildman–Crippen MR) is 69.0 cm³/mol. The molecule has 0 saturated heterocycles. The summed E-state index contributed by atoms with van der Waals surface area (Å²) >= 11 is 7.14. The van der Waals surface area contributed by atoms with Crippen molar-refractivity contribution in [2.24, 2.45) is 0 Å². The molecular weight excluding hydrogens is 256 g/mol. The van der Waals surface area contributed by atoms with E-state index in [-0.39, 0.29) is 5.78 Å². The molecule has 0 unspecified atom stereocenters. The summed E-state index contributed by atoms with van der Waals surface area (Å²) in [5.74, 6) is 0.213. The number of fused-ring (bicyclic) bond motifs is 1. The van der Waals surface area contributed by atoms with Gasteiger partial charge in [-0.3, -0.25) is 4.79 Å². The van der Waals surface area contributed by atoms with Crippen molar-refractivity contribution < 1.29 is 9.21 Å². The van der Waals surface area contributed by atoms with Gasteiger partial charge in [-0.15, -0.1) is 11.3 Å². The number of carbonyl (C=O) groups excluding carboxylic acids is 1. The molecule has 2 nitrogen and oxygen atoms in total. The lowest BCUT2D eigenvalue weighted by atomic mass is 10.1. The fraction of sp³-hybridized carbons (Fsp3) is 0. The molecule has 84 valence electrons. The van der Waals surface area contributed by atoms with Crippen LogP contribution in [0.15, 0.2) is 46.2 Å². The van der Waals surface area contributed by atoms with Crippen molar-refractivity contribution in [3.8, 4) is 0 Å². The van der Waals surface area contributed by atoms with Crippen molar-refractivity contribution in [3.05, 3.63) is 57.4 Å². The van der Waals surface area contributed by atoms with Crippen molar-refractivity contribution in [2.75, 3.05) is 0 Å². The van der Waals surface area contributed by atoms with Crippen LogP contribution in [0.3, 0.4) is 0 Å². The Morgan fingerprint density at radius 2 is 2.06 bits per heavy atom. The average Bonchev–Trinajstić information content (AvgIpc) is 2.93. The van der Waals surface area contributed by atoms with E-state index in [2.05, 4.69) is 0 Å². The van der Waals surface area contributed by atoms with Crippen LogP contribution in [-0.2, 0) is 0 Å².